The quantitative estimate of drug-likeness (QED) is 0.793. The molecule has 5 heteroatoms. The molecule has 1 saturated heterocycles. The molecule has 5 nitrogen and oxygen atoms in total. The average Bonchev–Trinajstić information content (AvgIpc) is 2.46. The van der Waals surface area contributed by atoms with E-state index in [4.69, 9.17) is 11.5 Å². The summed E-state index contributed by atoms with van der Waals surface area (Å²) in [6, 6.07) is 0. The third-order valence-electron chi connectivity index (χ3n) is 4.44. The molecule has 0 bridgehead atoms. The molecule has 2 atom stereocenters. The maximum atomic E-state index is 12.2. The number of primary amides is 2. The first-order chi connectivity index (χ1) is 9.54. The summed E-state index contributed by atoms with van der Waals surface area (Å²) in [5.41, 5.74) is 11.1. The zero-order valence-electron chi connectivity index (χ0n) is 12.0. The van der Waals surface area contributed by atoms with E-state index in [0.717, 1.165) is 37.9 Å². The lowest BCUT2D eigenvalue weighted by Gasteiger charge is -2.47. The number of carbonyl (C=O) groups excluding carboxylic acids is 2. The van der Waals surface area contributed by atoms with Crippen LogP contribution in [0.4, 0.5) is 0 Å². The van der Waals surface area contributed by atoms with E-state index in [9.17, 15) is 9.59 Å². The predicted octanol–water partition coefficient (Wildman–Crippen LogP) is 0.704. The standard InChI is InChI=1S/C15H23N3O2/c1-2-11-7-6-8-15(14(17)20,12(11)13(16)19)18-9-4-3-5-10-18/h6-8,12H,2-5,9-10H2,1H3,(H2,16,19)(H2,17,20). The number of allylic oxidation sites excluding steroid dienone is 2. The molecule has 2 rings (SSSR count). The number of rotatable bonds is 4. The van der Waals surface area contributed by atoms with E-state index in [1.807, 2.05) is 24.0 Å². The summed E-state index contributed by atoms with van der Waals surface area (Å²) >= 11 is 0. The third kappa shape index (κ3) is 2.26. The zero-order valence-corrected chi connectivity index (χ0v) is 12.0. The number of hydrogen-bond donors (Lipinski definition) is 2. The minimum atomic E-state index is -1.09. The molecule has 0 spiro atoms. The monoisotopic (exact) mass is 277 g/mol. The van der Waals surface area contributed by atoms with E-state index in [1.54, 1.807) is 6.08 Å². The van der Waals surface area contributed by atoms with E-state index in [-0.39, 0.29) is 0 Å². The molecule has 1 aliphatic carbocycles. The van der Waals surface area contributed by atoms with Gasteiger partial charge in [0.2, 0.25) is 11.8 Å². The zero-order chi connectivity index (χ0) is 14.8. The maximum Gasteiger partial charge on any atom is 0.243 e. The molecule has 1 heterocycles. The number of piperidine rings is 1. The Morgan fingerprint density at radius 1 is 1.30 bits per heavy atom. The number of nitrogens with two attached hydrogens (primary N) is 2. The molecule has 1 aliphatic heterocycles. The SMILES string of the molecule is CCC1=CC=CC(C(N)=O)(N2CCCCC2)C1C(N)=O. The van der Waals surface area contributed by atoms with Crippen LogP contribution in [0, 0.1) is 5.92 Å². The highest BCUT2D eigenvalue weighted by molar-refractivity contribution is 5.96. The summed E-state index contributed by atoms with van der Waals surface area (Å²) in [7, 11) is 0. The number of likely N-dealkylation sites (tertiary alicyclic amines) is 1. The van der Waals surface area contributed by atoms with E-state index in [1.165, 1.54) is 0 Å². The Bertz CT molecular complexity index is 464. The Kier molecular flexibility index (Phi) is 4.28. The van der Waals surface area contributed by atoms with Crippen LogP contribution in [0.3, 0.4) is 0 Å². The fraction of sp³-hybridized carbons (Fsp3) is 0.600. The molecule has 2 amide bonds. The highest BCUT2D eigenvalue weighted by Crippen LogP contribution is 2.38. The van der Waals surface area contributed by atoms with Gasteiger partial charge < -0.3 is 11.5 Å². The Morgan fingerprint density at radius 2 is 1.95 bits per heavy atom. The lowest BCUT2D eigenvalue weighted by Crippen LogP contribution is -2.65. The van der Waals surface area contributed by atoms with Crippen LogP contribution < -0.4 is 11.5 Å². The van der Waals surface area contributed by atoms with Crippen molar-refractivity contribution in [3.05, 3.63) is 23.8 Å². The van der Waals surface area contributed by atoms with Gasteiger partial charge in [-0.3, -0.25) is 14.5 Å². The smallest absolute Gasteiger partial charge is 0.243 e. The fourth-order valence-corrected chi connectivity index (χ4v) is 3.45. The Balaban J connectivity index is 2.49. The van der Waals surface area contributed by atoms with E-state index in [0.29, 0.717) is 6.42 Å². The lowest BCUT2D eigenvalue weighted by atomic mass is 9.72. The van der Waals surface area contributed by atoms with Gasteiger partial charge in [-0.1, -0.05) is 37.1 Å². The van der Waals surface area contributed by atoms with Crippen LogP contribution in [0.25, 0.3) is 0 Å². The largest absolute Gasteiger partial charge is 0.369 e. The Labute approximate surface area is 119 Å². The predicted molar refractivity (Wildman–Crippen MR) is 77.5 cm³/mol. The second kappa shape index (κ2) is 5.79. The van der Waals surface area contributed by atoms with Gasteiger partial charge in [0, 0.05) is 0 Å². The number of amides is 2. The third-order valence-corrected chi connectivity index (χ3v) is 4.44. The summed E-state index contributed by atoms with van der Waals surface area (Å²) in [5.74, 6) is -1.63. The molecule has 1 fully saturated rings. The van der Waals surface area contributed by atoms with Crippen molar-refractivity contribution >= 4 is 11.8 Å². The second-order valence-corrected chi connectivity index (χ2v) is 5.53. The highest BCUT2D eigenvalue weighted by Gasteiger charge is 2.52. The molecular formula is C15H23N3O2. The number of carbonyl (C=O) groups is 2. The molecule has 0 aromatic rings. The first kappa shape index (κ1) is 14.8. The van der Waals surface area contributed by atoms with Crippen molar-refractivity contribution in [3.8, 4) is 0 Å². The van der Waals surface area contributed by atoms with Gasteiger partial charge in [-0.25, -0.2) is 0 Å². The van der Waals surface area contributed by atoms with Crippen molar-refractivity contribution in [1.29, 1.82) is 0 Å². The van der Waals surface area contributed by atoms with Gasteiger partial charge >= 0.3 is 0 Å². The van der Waals surface area contributed by atoms with Crippen molar-refractivity contribution in [3.63, 3.8) is 0 Å². The minimum absolute atomic E-state index is 0.480. The normalized spacial score (nSPS) is 30.9. The first-order valence-electron chi connectivity index (χ1n) is 7.26. The molecular weight excluding hydrogens is 254 g/mol. The second-order valence-electron chi connectivity index (χ2n) is 5.53. The van der Waals surface area contributed by atoms with Gasteiger partial charge in [0.25, 0.3) is 0 Å². The van der Waals surface area contributed by atoms with Crippen LogP contribution in [-0.4, -0.2) is 35.3 Å². The molecule has 2 unspecified atom stereocenters. The lowest BCUT2D eigenvalue weighted by molar-refractivity contribution is -0.137. The summed E-state index contributed by atoms with van der Waals surface area (Å²) in [6.07, 6.45) is 9.32. The highest BCUT2D eigenvalue weighted by atomic mass is 16.2. The van der Waals surface area contributed by atoms with Crippen molar-refractivity contribution in [2.75, 3.05) is 13.1 Å². The Morgan fingerprint density at radius 3 is 2.45 bits per heavy atom. The minimum Gasteiger partial charge on any atom is -0.369 e. The van der Waals surface area contributed by atoms with Gasteiger partial charge in [0.15, 0.2) is 0 Å². The van der Waals surface area contributed by atoms with Crippen LogP contribution in [0.2, 0.25) is 0 Å². The number of nitrogens with zero attached hydrogens (tertiary/aromatic N) is 1. The summed E-state index contributed by atoms with van der Waals surface area (Å²) in [5, 5.41) is 0. The Hall–Kier alpha value is -1.62. The molecule has 0 saturated carbocycles. The van der Waals surface area contributed by atoms with Crippen LogP contribution in [-0.2, 0) is 9.59 Å². The van der Waals surface area contributed by atoms with Crippen molar-refractivity contribution in [1.82, 2.24) is 4.90 Å². The van der Waals surface area contributed by atoms with Crippen LogP contribution >= 0.6 is 0 Å². The first-order valence-corrected chi connectivity index (χ1v) is 7.26. The van der Waals surface area contributed by atoms with Crippen LogP contribution in [0.5, 0.6) is 0 Å². The molecule has 0 aromatic carbocycles. The summed E-state index contributed by atoms with van der Waals surface area (Å²) in [4.78, 5) is 26.3. The van der Waals surface area contributed by atoms with Crippen LogP contribution in [0.15, 0.2) is 23.8 Å². The van der Waals surface area contributed by atoms with Gasteiger partial charge in [0.1, 0.15) is 5.54 Å². The molecule has 4 N–H and O–H groups in total. The molecule has 110 valence electrons. The van der Waals surface area contributed by atoms with Crippen LogP contribution in [0.1, 0.15) is 32.6 Å². The molecule has 0 aromatic heterocycles. The van der Waals surface area contributed by atoms with Crippen molar-refractivity contribution < 1.29 is 9.59 Å². The summed E-state index contributed by atoms with van der Waals surface area (Å²) < 4.78 is 0. The maximum absolute atomic E-state index is 12.2. The van der Waals surface area contributed by atoms with E-state index >= 15 is 0 Å². The summed E-state index contributed by atoms with van der Waals surface area (Å²) in [6.45, 7) is 3.50. The van der Waals surface area contributed by atoms with Gasteiger partial charge in [-0.15, -0.1) is 0 Å². The topological polar surface area (TPSA) is 89.4 Å². The molecule has 20 heavy (non-hydrogen) atoms. The molecule has 0 radical (unpaired) electrons. The average molecular weight is 277 g/mol. The van der Waals surface area contributed by atoms with Gasteiger partial charge in [0.05, 0.1) is 5.92 Å². The van der Waals surface area contributed by atoms with E-state index in [2.05, 4.69) is 0 Å². The fourth-order valence-electron chi connectivity index (χ4n) is 3.45. The number of hydrogen-bond acceptors (Lipinski definition) is 3. The molecule has 2 aliphatic rings. The van der Waals surface area contributed by atoms with E-state index < -0.39 is 23.3 Å². The van der Waals surface area contributed by atoms with Crippen molar-refractivity contribution in [2.45, 2.75) is 38.1 Å². The van der Waals surface area contributed by atoms with Gasteiger partial charge in [-0.05, 0) is 32.4 Å². The van der Waals surface area contributed by atoms with Crippen molar-refractivity contribution in [2.24, 2.45) is 17.4 Å². The van der Waals surface area contributed by atoms with Gasteiger partial charge in [-0.2, -0.15) is 0 Å².